The first-order valence-electron chi connectivity index (χ1n) is 9.18. The molecule has 0 bridgehead atoms. The van der Waals surface area contributed by atoms with Crippen molar-refractivity contribution in [1.29, 1.82) is 0 Å². The summed E-state index contributed by atoms with van der Waals surface area (Å²) in [6.07, 6.45) is 3.56. The fourth-order valence-electron chi connectivity index (χ4n) is 2.75. The van der Waals surface area contributed by atoms with Crippen LogP contribution in [0.3, 0.4) is 0 Å². The number of nitrogens with zero attached hydrogens (tertiary/aromatic N) is 1. The number of aromatic amines is 1. The molecule has 0 aliphatic carbocycles. The van der Waals surface area contributed by atoms with Crippen LogP contribution < -0.4 is 15.8 Å². The lowest BCUT2D eigenvalue weighted by molar-refractivity contribution is 0.0946. The van der Waals surface area contributed by atoms with Gasteiger partial charge in [0.15, 0.2) is 17.3 Å². The first-order chi connectivity index (χ1) is 14.8. The Morgan fingerprint density at radius 3 is 2.74 bits per heavy atom. The number of benzene rings is 2. The van der Waals surface area contributed by atoms with Crippen molar-refractivity contribution < 1.29 is 13.9 Å². The predicted octanol–water partition coefficient (Wildman–Crippen LogP) is 5.72. The molecule has 1 heterocycles. The number of ether oxygens (including phenoxy) is 1. The highest BCUT2D eigenvalue weighted by Crippen LogP contribution is 2.35. The second-order valence-electron chi connectivity index (χ2n) is 6.41. The van der Waals surface area contributed by atoms with Gasteiger partial charge in [0.25, 0.3) is 5.91 Å². The molecule has 0 aliphatic heterocycles. The molecule has 0 saturated carbocycles. The number of aryl methyl sites for hydroxylation is 1. The molecular formula is C21H18Cl3FN4O2. The molecule has 0 unspecified atom stereocenters. The monoisotopic (exact) mass is 482 g/mol. The summed E-state index contributed by atoms with van der Waals surface area (Å²) in [4.78, 5) is 19.3. The van der Waals surface area contributed by atoms with Crippen LogP contribution in [0, 0.1) is 5.82 Å². The number of nitrogens with one attached hydrogen (secondary N) is 2. The highest BCUT2D eigenvalue weighted by Gasteiger charge is 2.19. The third-order valence-corrected chi connectivity index (χ3v) is 5.02. The van der Waals surface area contributed by atoms with E-state index in [0.717, 1.165) is 0 Å². The Morgan fingerprint density at radius 1 is 1.29 bits per heavy atom. The average Bonchev–Trinajstić information content (AvgIpc) is 3.11. The van der Waals surface area contributed by atoms with Gasteiger partial charge >= 0.3 is 0 Å². The minimum absolute atomic E-state index is 0.0452. The largest absolute Gasteiger partial charge is 0.453 e. The van der Waals surface area contributed by atoms with Crippen molar-refractivity contribution in [2.45, 2.75) is 19.9 Å². The third kappa shape index (κ3) is 5.50. The van der Waals surface area contributed by atoms with Gasteiger partial charge in [0.05, 0.1) is 5.02 Å². The van der Waals surface area contributed by atoms with Crippen LogP contribution in [0.2, 0.25) is 15.2 Å². The Hall–Kier alpha value is -2.74. The van der Waals surface area contributed by atoms with E-state index in [1.54, 1.807) is 18.2 Å². The number of rotatable bonds is 7. The van der Waals surface area contributed by atoms with Crippen LogP contribution in [0.25, 0.3) is 6.08 Å². The summed E-state index contributed by atoms with van der Waals surface area (Å²) in [6.45, 7) is 1.75. The number of carbonyl (C=O) groups excluding carboxylic acids is 1. The summed E-state index contributed by atoms with van der Waals surface area (Å²) in [5.41, 5.74) is 6.29. The van der Waals surface area contributed by atoms with Gasteiger partial charge in [0, 0.05) is 23.6 Å². The van der Waals surface area contributed by atoms with E-state index in [9.17, 15) is 4.79 Å². The second kappa shape index (κ2) is 10.0. The number of hydrogen-bond donors (Lipinski definition) is 3. The van der Waals surface area contributed by atoms with Gasteiger partial charge in [-0.15, -0.1) is 0 Å². The summed E-state index contributed by atoms with van der Waals surface area (Å²) in [5.74, 6) is -0.590. The van der Waals surface area contributed by atoms with Gasteiger partial charge in [-0.3, -0.25) is 4.79 Å². The molecule has 1 aromatic heterocycles. The molecule has 0 saturated heterocycles. The first-order valence-corrected chi connectivity index (χ1v) is 10.3. The van der Waals surface area contributed by atoms with Gasteiger partial charge in [0.1, 0.15) is 16.7 Å². The zero-order valence-electron chi connectivity index (χ0n) is 16.3. The zero-order chi connectivity index (χ0) is 22.5. The molecule has 1 amide bonds. The van der Waals surface area contributed by atoms with Crippen molar-refractivity contribution in [2.75, 3.05) is 0 Å². The van der Waals surface area contributed by atoms with Crippen molar-refractivity contribution in [1.82, 2.24) is 15.3 Å². The van der Waals surface area contributed by atoms with Gasteiger partial charge in [0.2, 0.25) is 0 Å². The minimum atomic E-state index is -0.717. The van der Waals surface area contributed by atoms with Crippen LogP contribution in [-0.4, -0.2) is 15.9 Å². The van der Waals surface area contributed by atoms with Gasteiger partial charge in [-0.25, -0.2) is 9.37 Å². The van der Waals surface area contributed by atoms with Crippen molar-refractivity contribution in [3.8, 4) is 11.5 Å². The maximum absolute atomic E-state index is 15.1. The Kier molecular flexibility index (Phi) is 7.43. The average molecular weight is 484 g/mol. The zero-order valence-corrected chi connectivity index (χ0v) is 18.6. The Bertz CT molecular complexity index is 1150. The molecule has 0 radical (unpaired) electrons. The molecular weight excluding hydrogens is 466 g/mol. The van der Waals surface area contributed by atoms with E-state index in [1.165, 1.54) is 24.4 Å². The van der Waals surface area contributed by atoms with Crippen LogP contribution in [0.1, 0.15) is 34.4 Å². The van der Waals surface area contributed by atoms with Gasteiger partial charge < -0.3 is 20.8 Å². The lowest BCUT2D eigenvalue weighted by Gasteiger charge is -2.13. The Morgan fingerprint density at radius 2 is 2.06 bits per heavy atom. The Labute approximate surface area is 193 Å². The van der Waals surface area contributed by atoms with Gasteiger partial charge in [-0.1, -0.05) is 47.8 Å². The number of aromatic nitrogens is 2. The van der Waals surface area contributed by atoms with Crippen molar-refractivity contribution in [2.24, 2.45) is 5.73 Å². The number of halogens is 4. The van der Waals surface area contributed by atoms with E-state index < -0.39 is 11.7 Å². The van der Waals surface area contributed by atoms with Crippen LogP contribution in [0.5, 0.6) is 11.5 Å². The predicted molar refractivity (Wildman–Crippen MR) is 120 cm³/mol. The molecule has 3 aromatic rings. The fraction of sp³-hybridized carbons (Fsp3) is 0.143. The van der Waals surface area contributed by atoms with Crippen LogP contribution in [0.4, 0.5) is 4.39 Å². The molecule has 0 fully saturated rings. The molecule has 0 atom stereocenters. The highest BCUT2D eigenvalue weighted by atomic mass is 35.5. The summed E-state index contributed by atoms with van der Waals surface area (Å²) in [6, 6.07) is 7.75. The smallest absolute Gasteiger partial charge is 0.273 e. The van der Waals surface area contributed by atoms with E-state index in [2.05, 4.69) is 15.3 Å². The summed E-state index contributed by atoms with van der Waals surface area (Å²) >= 11 is 18.2. The van der Waals surface area contributed by atoms with Gasteiger partial charge in [-0.2, -0.15) is 0 Å². The van der Waals surface area contributed by atoms with Crippen molar-refractivity contribution in [3.63, 3.8) is 0 Å². The summed E-state index contributed by atoms with van der Waals surface area (Å²) < 4.78 is 20.7. The Balaban J connectivity index is 1.81. The van der Waals surface area contributed by atoms with E-state index in [1.807, 2.05) is 6.92 Å². The molecule has 4 N–H and O–H groups in total. The van der Waals surface area contributed by atoms with Crippen molar-refractivity contribution >= 4 is 46.8 Å². The quantitative estimate of drug-likeness (QED) is 0.400. The number of amides is 1. The standard InChI is InChI=1S/C21H18Cl3FN4O2/c1-2-16-28-18(20(24)29-16)21(30)27-10-12-3-4-15(23)19(17(12)25)31-14-8-11(5-6-26)7-13(22)9-14/h3-9H,2,10,26H2,1H3,(H,27,30)(H,28,29)/b6-5+. The number of H-pyrrole nitrogens is 1. The number of carbonyl (C=O) groups is 1. The molecule has 2 aromatic carbocycles. The summed E-state index contributed by atoms with van der Waals surface area (Å²) in [7, 11) is 0. The maximum atomic E-state index is 15.1. The topological polar surface area (TPSA) is 93.0 Å². The van der Waals surface area contributed by atoms with Crippen molar-refractivity contribution in [3.05, 3.63) is 80.2 Å². The number of imidazole rings is 1. The number of nitrogens with two attached hydrogens (primary N) is 1. The van der Waals surface area contributed by atoms with E-state index in [-0.39, 0.29) is 39.5 Å². The molecule has 10 heteroatoms. The van der Waals surface area contributed by atoms with E-state index >= 15 is 4.39 Å². The number of hydrogen-bond acceptors (Lipinski definition) is 4. The lowest BCUT2D eigenvalue weighted by atomic mass is 10.2. The molecule has 3 rings (SSSR count). The van der Waals surface area contributed by atoms with Crippen LogP contribution in [0.15, 0.2) is 36.5 Å². The molecule has 31 heavy (non-hydrogen) atoms. The van der Waals surface area contributed by atoms with E-state index in [0.29, 0.717) is 22.8 Å². The van der Waals surface area contributed by atoms with E-state index in [4.69, 9.17) is 45.3 Å². The lowest BCUT2D eigenvalue weighted by Crippen LogP contribution is -2.24. The van der Waals surface area contributed by atoms with Crippen LogP contribution in [-0.2, 0) is 13.0 Å². The minimum Gasteiger partial charge on any atom is -0.453 e. The van der Waals surface area contributed by atoms with Crippen LogP contribution >= 0.6 is 34.8 Å². The normalized spacial score (nSPS) is 11.1. The molecule has 0 spiro atoms. The molecule has 0 aliphatic rings. The highest BCUT2D eigenvalue weighted by molar-refractivity contribution is 6.32. The fourth-order valence-corrected chi connectivity index (χ4v) is 3.40. The first kappa shape index (κ1) is 22.9. The third-order valence-electron chi connectivity index (χ3n) is 4.23. The molecule has 162 valence electrons. The molecule has 6 nitrogen and oxygen atoms in total. The second-order valence-corrected chi connectivity index (χ2v) is 7.63. The summed E-state index contributed by atoms with van der Waals surface area (Å²) in [5, 5.41) is 3.16. The van der Waals surface area contributed by atoms with Gasteiger partial charge in [-0.05, 0) is 42.1 Å². The maximum Gasteiger partial charge on any atom is 0.273 e. The SMILES string of the molecule is CCc1nc(C(=O)NCc2ccc(Cl)c(Oc3cc(Cl)cc(/C=C/N)c3)c2F)c(Cl)[nH]1.